The molecule has 0 radical (unpaired) electrons. The predicted octanol–water partition coefficient (Wildman–Crippen LogP) is 7.65. The van der Waals surface area contributed by atoms with Crippen molar-refractivity contribution in [2.45, 2.75) is 52.4 Å². The van der Waals surface area contributed by atoms with Crippen LogP contribution in [0.25, 0.3) is 10.4 Å². The molecule has 2 heterocycles. The van der Waals surface area contributed by atoms with Crippen molar-refractivity contribution in [2.75, 3.05) is 0 Å². The Morgan fingerprint density at radius 3 is 1.58 bits per heavy atom. The first-order valence-electron chi connectivity index (χ1n) is 7.58. The molecule has 2 aromatic heterocycles. The maximum absolute atomic E-state index is 9.75. The number of rotatable bonds is 1. The van der Waals surface area contributed by atoms with Gasteiger partial charge < -0.3 is 17.3 Å². The van der Waals surface area contributed by atoms with E-state index in [0.717, 1.165) is 0 Å². The third-order valence-corrected chi connectivity index (χ3v) is 5.90. The molecule has 2 rings (SSSR count). The molecule has 0 N–H and O–H groups in total. The van der Waals surface area contributed by atoms with Crippen molar-refractivity contribution in [2.24, 2.45) is 0 Å². The molecule has 0 nitrogen and oxygen atoms in total. The predicted molar refractivity (Wildman–Crippen MR) is 99.6 cm³/mol. The lowest BCUT2D eigenvalue weighted by atomic mass is 9.91. The molecule has 0 fully saturated rings. The van der Waals surface area contributed by atoms with Crippen molar-refractivity contribution in [3.63, 3.8) is 0 Å². The van der Waals surface area contributed by atoms with Crippen LogP contribution in [0.4, 0.5) is 17.3 Å². The molecule has 2 aromatic rings. The third kappa shape index (κ3) is 7.30. The molecular formula is C17H23BF4S2. The van der Waals surface area contributed by atoms with Crippen LogP contribution in [0.5, 0.6) is 0 Å². The number of halogens is 4. The Hall–Kier alpha value is -0.945. The van der Waals surface area contributed by atoms with Gasteiger partial charge in [0.1, 0.15) is 0 Å². The standard InChI is InChI=1S/C17H23S2.BF4/c1-16(2,3)14-10-12(13-8-7-9-18-13)11-15(19-14)17(4,5)6;2-1(3,4)5/h7-11H,1-6H3;/q+1;-1. The Morgan fingerprint density at radius 1 is 0.875 bits per heavy atom. The van der Waals surface area contributed by atoms with Crippen LogP contribution in [0.15, 0.2) is 29.6 Å². The van der Waals surface area contributed by atoms with Crippen LogP contribution in [0.2, 0.25) is 0 Å². The molecule has 134 valence electrons. The Morgan fingerprint density at radius 2 is 1.29 bits per heavy atom. The third-order valence-electron chi connectivity index (χ3n) is 3.08. The molecule has 0 spiro atoms. The van der Waals surface area contributed by atoms with Gasteiger partial charge in [-0.3, -0.25) is 0 Å². The molecular weight excluding hydrogens is 355 g/mol. The quantitative estimate of drug-likeness (QED) is 0.272. The summed E-state index contributed by atoms with van der Waals surface area (Å²) >= 11 is 3.77. The molecule has 0 bridgehead atoms. The number of thiophene rings is 1. The van der Waals surface area contributed by atoms with E-state index in [0.29, 0.717) is 0 Å². The van der Waals surface area contributed by atoms with E-state index in [1.165, 1.54) is 20.2 Å². The first-order chi connectivity index (χ1) is 10.7. The van der Waals surface area contributed by atoms with Gasteiger partial charge in [0.05, 0.1) is 0 Å². The van der Waals surface area contributed by atoms with Crippen LogP contribution < -0.4 is 0 Å². The van der Waals surface area contributed by atoms with E-state index < -0.39 is 7.25 Å². The second kappa shape index (κ2) is 7.52. The fourth-order valence-electron chi connectivity index (χ4n) is 1.83. The van der Waals surface area contributed by atoms with Gasteiger partial charge in [0.25, 0.3) is 0 Å². The van der Waals surface area contributed by atoms with Gasteiger partial charge in [-0.2, -0.15) is 0 Å². The van der Waals surface area contributed by atoms with Crippen LogP contribution in [0.1, 0.15) is 51.3 Å². The monoisotopic (exact) mass is 378 g/mol. The van der Waals surface area contributed by atoms with Gasteiger partial charge in [-0.05, 0) is 11.4 Å². The minimum atomic E-state index is -6.00. The van der Waals surface area contributed by atoms with Gasteiger partial charge >= 0.3 is 7.25 Å². The van der Waals surface area contributed by atoms with Crippen LogP contribution in [0.3, 0.4) is 0 Å². The SMILES string of the molecule is CC(C)(C)c1cc(-c2cccs2)cc(C(C)(C)C)[s+]1.F[B-](F)(F)F. The summed E-state index contributed by atoms with van der Waals surface area (Å²) in [7, 11) is -6.00. The molecule has 7 heteroatoms. The Kier molecular flexibility index (Phi) is 6.61. The van der Waals surface area contributed by atoms with Crippen molar-refractivity contribution in [3.05, 3.63) is 39.4 Å². The minimum Gasteiger partial charge on any atom is -0.418 e. The summed E-state index contributed by atoms with van der Waals surface area (Å²) in [5, 5.41) is 2.15. The maximum atomic E-state index is 9.75. The smallest absolute Gasteiger partial charge is 0.418 e. The summed E-state index contributed by atoms with van der Waals surface area (Å²) in [6.07, 6.45) is 0. The molecule has 0 amide bonds. The highest BCUT2D eigenvalue weighted by Crippen LogP contribution is 2.38. The molecule has 0 aromatic carbocycles. The fourth-order valence-corrected chi connectivity index (χ4v) is 3.76. The molecule has 0 unspecified atom stereocenters. The van der Waals surface area contributed by atoms with Crippen LogP contribution in [-0.4, -0.2) is 7.25 Å². The molecule has 0 saturated carbocycles. The largest absolute Gasteiger partial charge is 0.673 e. The Labute approximate surface area is 149 Å². The molecule has 24 heavy (non-hydrogen) atoms. The minimum absolute atomic E-state index is 0.206. The first-order valence-corrected chi connectivity index (χ1v) is 9.28. The van der Waals surface area contributed by atoms with Crippen LogP contribution in [0, 0.1) is 0 Å². The van der Waals surface area contributed by atoms with Crippen LogP contribution in [-0.2, 0) is 10.8 Å². The molecule has 0 atom stereocenters. The molecule has 0 aliphatic rings. The number of hydrogen-bond acceptors (Lipinski definition) is 1. The van der Waals surface area contributed by atoms with E-state index in [1.807, 2.05) is 22.7 Å². The van der Waals surface area contributed by atoms with Crippen molar-refractivity contribution < 1.29 is 17.3 Å². The topological polar surface area (TPSA) is 0 Å². The fraction of sp³-hybridized carbons (Fsp3) is 0.471. The zero-order valence-corrected chi connectivity index (χ0v) is 16.4. The highest BCUT2D eigenvalue weighted by molar-refractivity contribution is 7.14. The van der Waals surface area contributed by atoms with E-state index in [4.69, 9.17) is 0 Å². The van der Waals surface area contributed by atoms with E-state index >= 15 is 0 Å². The summed E-state index contributed by atoms with van der Waals surface area (Å²) in [6.45, 7) is 13.8. The van der Waals surface area contributed by atoms with Crippen molar-refractivity contribution >= 4 is 29.9 Å². The van der Waals surface area contributed by atoms with E-state index in [-0.39, 0.29) is 10.8 Å². The van der Waals surface area contributed by atoms with E-state index in [2.05, 4.69) is 71.2 Å². The van der Waals surface area contributed by atoms with Gasteiger partial charge in [0.2, 0.25) is 21.1 Å². The summed E-state index contributed by atoms with van der Waals surface area (Å²) in [5.41, 5.74) is 1.78. The highest BCUT2D eigenvalue weighted by Gasteiger charge is 2.32. The van der Waals surface area contributed by atoms with Crippen molar-refractivity contribution in [1.82, 2.24) is 0 Å². The van der Waals surface area contributed by atoms with Gasteiger partial charge in [0, 0.05) is 33.4 Å². The Bertz CT molecular complexity index is 612. The van der Waals surface area contributed by atoms with Crippen molar-refractivity contribution in [1.29, 1.82) is 0 Å². The van der Waals surface area contributed by atoms with Crippen LogP contribution >= 0.6 is 22.7 Å². The second-order valence-corrected chi connectivity index (χ2v) is 9.58. The lowest BCUT2D eigenvalue weighted by Gasteiger charge is -2.16. The van der Waals surface area contributed by atoms with Crippen molar-refractivity contribution in [3.8, 4) is 10.4 Å². The number of hydrogen-bond donors (Lipinski definition) is 0. The zero-order valence-electron chi connectivity index (χ0n) is 14.8. The van der Waals surface area contributed by atoms with Gasteiger partial charge in [-0.15, -0.1) is 11.3 Å². The molecule has 0 aliphatic heterocycles. The summed E-state index contributed by atoms with van der Waals surface area (Å²) in [5.74, 6) is 0. The normalized spacial score (nSPS) is 12.6. The molecule has 0 aliphatic carbocycles. The summed E-state index contributed by atoms with van der Waals surface area (Å²) in [4.78, 5) is 4.29. The molecule has 0 saturated heterocycles. The highest BCUT2D eigenvalue weighted by atomic mass is 32.1. The lowest BCUT2D eigenvalue weighted by Crippen LogP contribution is -2.14. The first kappa shape index (κ1) is 21.1. The summed E-state index contributed by atoms with van der Waals surface area (Å²) < 4.78 is 39.0. The van der Waals surface area contributed by atoms with Gasteiger partial charge in [0.15, 0.2) is 0 Å². The van der Waals surface area contributed by atoms with Gasteiger partial charge in [-0.25, -0.2) is 0 Å². The average Bonchev–Trinajstić information content (AvgIpc) is 2.87. The zero-order chi connectivity index (χ0) is 18.8. The maximum Gasteiger partial charge on any atom is 0.673 e. The van der Waals surface area contributed by atoms with E-state index in [1.54, 1.807) is 0 Å². The second-order valence-electron chi connectivity index (χ2n) is 7.55. The summed E-state index contributed by atoms with van der Waals surface area (Å²) in [6, 6.07) is 9.07. The van der Waals surface area contributed by atoms with Gasteiger partial charge in [-0.1, -0.05) is 47.6 Å². The lowest BCUT2D eigenvalue weighted by molar-refractivity contribution is 0.368. The Balaban J connectivity index is 0.000000505. The van der Waals surface area contributed by atoms with E-state index in [9.17, 15) is 17.3 Å². The average molecular weight is 378 g/mol.